The maximum Gasteiger partial charge on any atom is 0.225 e. The second kappa shape index (κ2) is 6.11. The highest BCUT2D eigenvalue weighted by atomic mass is 16.5. The number of ether oxygens (including phenoxy) is 1. The van der Waals surface area contributed by atoms with Gasteiger partial charge < -0.3 is 15.0 Å². The number of aromatic nitrogens is 1. The summed E-state index contributed by atoms with van der Waals surface area (Å²) in [4.78, 5) is 18.6. The van der Waals surface area contributed by atoms with Gasteiger partial charge >= 0.3 is 0 Å². The molecular weight excluding hydrogens is 290 g/mol. The molecule has 4 rings (SSSR count). The van der Waals surface area contributed by atoms with E-state index in [-0.39, 0.29) is 11.7 Å². The standard InChI is InChI=1S/C18H25N3O2/c22-17(14-6-7-14)21-11-9-18(13-21)8-3-4-15(23-18)12-20-16-5-1-2-10-19-16/h1-2,5,10,14-15H,3-4,6-9,11-13H2,(H,19,20)/t15-,18+/m0/s1. The highest BCUT2D eigenvalue weighted by Gasteiger charge is 2.46. The van der Waals surface area contributed by atoms with Gasteiger partial charge in [-0.3, -0.25) is 4.79 Å². The number of carbonyl (C=O) groups is 1. The second-order valence-electron chi connectivity index (χ2n) is 7.20. The van der Waals surface area contributed by atoms with Gasteiger partial charge in [0.2, 0.25) is 5.91 Å². The molecule has 1 aliphatic carbocycles. The molecule has 3 heterocycles. The van der Waals surface area contributed by atoms with Gasteiger partial charge in [0.25, 0.3) is 0 Å². The van der Waals surface area contributed by atoms with E-state index in [1.165, 1.54) is 6.42 Å². The average Bonchev–Trinajstić information content (AvgIpc) is 3.36. The molecular formula is C18H25N3O2. The molecule has 1 N–H and O–H groups in total. The number of hydrogen-bond acceptors (Lipinski definition) is 4. The van der Waals surface area contributed by atoms with E-state index in [1.54, 1.807) is 6.20 Å². The van der Waals surface area contributed by atoms with E-state index < -0.39 is 0 Å². The van der Waals surface area contributed by atoms with Gasteiger partial charge in [0.05, 0.1) is 11.7 Å². The lowest BCUT2D eigenvalue weighted by molar-refractivity contribution is -0.138. The van der Waals surface area contributed by atoms with E-state index in [0.717, 1.165) is 57.6 Å². The van der Waals surface area contributed by atoms with E-state index in [1.807, 2.05) is 23.1 Å². The Morgan fingerprint density at radius 2 is 2.26 bits per heavy atom. The normalized spacial score (nSPS) is 30.6. The predicted molar refractivity (Wildman–Crippen MR) is 88.1 cm³/mol. The fourth-order valence-electron chi connectivity index (χ4n) is 3.87. The molecule has 3 fully saturated rings. The van der Waals surface area contributed by atoms with Gasteiger partial charge in [-0.25, -0.2) is 4.98 Å². The molecule has 1 amide bonds. The first-order chi connectivity index (χ1) is 11.2. The maximum atomic E-state index is 12.3. The summed E-state index contributed by atoms with van der Waals surface area (Å²) in [6.07, 6.45) is 8.51. The van der Waals surface area contributed by atoms with Crippen LogP contribution in [-0.2, 0) is 9.53 Å². The third-order valence-corrected chi connectivity index (χ3v) is 5.31. The molecule has 2 saturated heterocycles. The number of anilines is 1. The van der Waals surface area contributed by atoms with Crippen molar-refractivity contribution in [3.8, 4) is 0 Å². The number of nitrogens with one attached hydrogen (secondary N) is 1. The second-order valence-corrected chi connectivity index (χ2v) is 7.20. The Morgan fingerprint density at radius 3 is 3.04 bits per heavy atom. The van der Waals surface area contributed by atoms with E-state index in [0.29, 0.717) is 11.8 Å². The van der Waals surface area contributed by atoms with E-state index in [9.17, 15) is 4.79 Å². The zero-order valence-electron chi connectivity index (χ0n) is 13.5. The van der Waals surface area contributed by atoms with Crippen molar-refractivity contribution in [1.82, 2.24) is 9.88 Å². The first-order valence-corrected chi connectivity index (χ1v) is 8.86. The fourth-order valence-corrected chi connectivity index (χ4v) is 3.87. The van der Waals surface area contributed by atoms with E-state index >= 15 is 0 Å². The first kappa shape index (κ1) is 14.9. The minimum Gasteiger partial charge on any atom is -0.368 e. The average molecular weight is 315 g/mol. The van der Waals surface area contributed by atoms with E-state index in [2.05, 4.69) is 10.3 Å². The van der Waals surface area contributed by atoms with Gasteiger partial charge in [0.15, 0.2) is 0 Å². The van der Waals surface area contributed by atoms with Gasteiger partial charge in [0.1, 0.15) is 5.82 Å². The highest BCUT2D eigenvalue weighted by molar-refractivity contribution is 5.81. The number of carbonyl (C=O) groups excluding carboxylic acids is 1. The van der Waals surface area contributed by atoms with Crippen LogP contribution in [0.4, 0.5) is 5.82 Å². The zero-order valence-corrected chi connectivity index (χ0v) is 13.5. The zero-order chi connectivity index (χ0) is 15.7. The molecule has 0 radical (unpaired) electrons. The van der Waals surface area contributed by atoms with Crippen molar-refractivity contribution in [3.63, 3.8) is 0 Å². The molecule has 0 unspecified atom stereocenters. The molecule has 0 aromatic carbocycles. The summed E-state index contributed by atoms with van der Waals surface area (Å²) in [5, 5.41) is 3.37. The Bertz CT molecular complexity index is 561. The van der Waals surface area contributed by atoms with Crippen molar-refractivity contribution in [1.29, 1.82) is 0 Å². The highest BCUT2D eigenvalue weighted by Crippen LogP contribution is 2.39. The van der Waals surface area contributed by atoms with Crippen LogP contribution in [0.1, 0.15) is 38.5 Å². The van der Waals surface area contributed by atoms with E-state index in [4.69, 9.17) is 4.74 Å². The molecule has 124 valence electrons. The van der Waals surface area contributed by atoms with Crippen molar-refractivity contribution >= 4 is 11.7 Å². The molecule has 0 bridgehead atoms. The van der Waals surface area contributed by atoms with Crippen molar-refractivity contribution in [2.24, 2.45) is 5.92 Å². The van der Waals surface area contributed by atoms with Gasteiger partial charge in [-0.15, -0.1) is 0 Å². The predicted octanol–water partition coefficient (Wildman–Crippen LogP) is 2.44. The lowest BCUT2D eigenvalue weighted by Gasteiger charge is -2.38. The van der Waals surface area contributed by atoms with Crippen LogP contribution in [0.25, 0.3) is 0 Å². The summed E-state index contributed by atoms with van der Waals surface area (Å²) >= 11 is 0. The third-order valence-electron chi connectivity index (χ3n) is 5.31. The summed E-state index contributed by atoms with van der Waals surface area (Å²) in [5.74, 6) is 1.57. The van der Waals surface area contributed by atoms with Crippen LogP contribution in [-0.4, -0.2) is 47.1 Å². The van der Waals surface area contributed by atoms with Crippen LogP contribution in [0.2, 0.25) is 0 Å². The first-order valence-electron chi connectivity index (χ1n) is 8.86. The lowest BCUT2D eigenvalue weighted by atomic mass is 9.90. The number of nitrogens with zero attached hydrogens (tertiary/aromatic N) is 2. The van der Waals surface area contributed by atoms with Crippen LogP contribution >= 0.6 is 0 Å². The third kappa shape index (κ3) is 3.34. The van der Waals surface area contributed by atoms with Crippen molar-refractivity contribution in [2.75, 3.05) is 25.0 Å². The van der Waals surface area contributed by atoms with Crippen LogP contribution in [0.5, 0.6) is 0 Å². The number of rotatable bonds is 4. The van der Waals surface area contributed by atoms with Gasteiger partial charge in [-0.1, -0.05) is 6.07 Å². The quantitative estimate of drug-likeness (QED) is 0.927. The van der Waals surface area contributed by atoms with Crippen LogP contribution < -0.4 is 5.32 Å². The summed E-state index contributed by atoms with van der Waals surface area (Å²) < 4.78 is 6.45. The lowest BCUT2D eigenvalue weighted by Crippen LogP contribution is -2.46. The van der Waals surface area contributed by atoms with Gasteiger partial charge in [-0.2, -0.15) is 0 Å². The minimum absolute atomic E-state index is 0.0980. The van der Waals surface area contributed by atoms with Crippen LogP contribution in [0, 0.1) is 5.92 Å². The largest absolute Gasteiger partial charge is 0.368 e. The molecule has 23 heavy (non-hydrogen) atoms. The number of hydrogen-bond donors (Lipinski definition) is 1. The SMILES string of the molecule is O=C(C1CC1)N1CC[C@]2(CCC[C@@H](CNc3ccccn3)O2)C1. The van der Waals surface area contributed by atoms with Gasteiger partial charge in [0, 0.05) is 31.7 Å². The fraction of sp³-hybridized carbons (Fsp3) is 0.667. The molecule has 1 aromatic heterocycles. The molecule has 2 atom stereocenters. The Labute approximate surface area is 137 Å². The minimum atomic E-state index is -0.0980. The number of pyridine rings is 1. The summed E-state index contributed by atoms with van der Waals surface area (Å²) in [6.45, 7) is 2.45. The molecule has 5 nitrogen and oxygen atoms in total. The van der Waals surface area contributed by atoms with Gasteiger partial charge in [-0.05, 0) is 50.7 Å². The molecule has 1 saturated carbocycles. The molecule has 3 aliphatic rings. The summed E-state index contributed by atoms with van der Waals surface area (Å²) in [7, 11) is 0. The van der Waals surface area contributed by atoms with Crippen molar-refractivity contribution in [3.05, 3.63) is 24.4 Å². The topological polar surface area (TPSA) is 54.5 Å². The Hall–Kier alpha value is -1.62. The number of likely N-dealkylation sites (tertiary alicyclic amines) is 1. The summed E-state index contributed by atoms with van der Waals surface area (Å²) in [6, 6.07) is 5.88. The molecule has 1 aromatic rings. The van der Waals surface area contributed by atoms with Crippen LogP contribution in [0.3, 0.4) is 0 Å². The molecule has 2 aliphatic heterocycles. The number of amides is 1. The monoisotopic (exact) mass is 315 g/mol. The van der Waals surface area contributed by atoms with Crippen molar-refractivity contribution in [2.45, 2.75) is 50.2 Å². The Morgan fingerprint density at radius 1 is 1.35 bits per heavy atom. The molecule has 1 spiro atoms. The Balaban J connectivity index is 1.33. The summed E-state index contributed by atoms with van der Waals surface area (Å²) in [5.41, 5.74) is -0.0980. The maximum absolute atomic E-state index is 12.3. The smallest absolute Gasteiger partial charge is 0.225 e. The van der Waals surface area contributed by atoms with Crippen LogP contribution in [0.15, 0.2) is 24.4 Å². The Kier molecular flexibility index (Phi) is 3.97. The van der Waals surface area contributed by atoms with Crippen molar-refractivity contribution < 1.29 is 9.53 Å². The molecule has 5 heteroatoms.